The number of carboxylic acids is 1. The van der Waals surface area contributed by atoms with Crippen LogP contribution in [0.25, 0.3) is 0 Å². The van der Waals surface area contributed by atoms with Crippen molar-refractivity contribution >= 4 is 27.6 Å². The summed E-state index contributed by atoms with van der Waals surface area (Å²) in [5, 5.41) is 14.7. The van der Waals surface area contributed by atoms with Crippen LogP contribution in [0.1, 0.15) is 86.2 Å². The highest BCUT2D eigenvalue weighted by molar-refractivity contribution is 7.92. The third-order valence-corrected chi connectivity index (χ3v) is 9.57. The number of piperidine rings is 1. The van der Waals surface area contributed by atoms with Crippen LogP contribution in [0, 0.1) is 5.92 Å². The van der Waals surface area contributed by atoms with Crippen molar-refractivity contribution in [3.8, 4) is 0 Å². The molecule has 2 saturated heterocycles. The van der Waals surface area contributed by atoms with E-state index in [1.807, 2.05) is 18.2 Å². The lowest BCUT2D eigenvalue weighted by Gasteiger charge is -2.38. The zero-order valence-corrected chi connectivity index (χ0v) is 27.3. The fourth-order valence-corrected chi connectivity index (χ4v) is 7.12. The number of nitrogens with one attached hydrogen (secondary N) is 2. The highest BCUT2D eigenvalue weighted by Crippen LogP contribution is 2.43. The number of halogens is 3. The number of hydrogen-bond donors (Lipinski definition) is 3. The maximum Gasteiger partial charge on any atom is 0.490 e. The second kappa shape index (κ2) is 15.1. The lowest BCUT2D eigenvalue weighted by atomic mass is 9.90. The number of benzene rings is 2. The molecule has 1 unspecified atom stereocenters. The Labute approximate surface area is 277 Å². The lowest BCUT2D eigenvalue weighted by Crippen LogP contribution is -2.44. The maximum atomic E-state index is 12.7. The Bertz CT molecular complexity index is 1630. The maximum absolute atomic E-state index is 12.7. The molecule has 0 spiro atoms. The van der Waals surface area contributed by atoms with Gasteiger partial charge in [-0.3, -0.25) is 14.4 Å². The number of rotatable bonds is 12. The molecule has 3 heterocycles. The number of sulfonamides is 1. The predicted molar refractivity (Wildman–Crippen MR) is 170 cm³/mol. The molecular formula is C33H40F3N5O6S. The van der Waals surface area contributed by atoms with Gasteiger partial charge in [0.05, 0.1) is 12.3 Å². The first-order valence-corrected chi connectivity index (χ1v) is 17.9. The number of anilines is 1. The monoisotopic (exact) mass is 691 g/mol. The van der Waals surface area contributed by atoms with Gasteiger partial charge in [0.15, 0.2) is 5.82 Å². The molecule has 3 N–H and O–H groups in total. The molecule has 3 fully saturated rings. The van der Waals surface area contributed by atoms with E-state index in [4.69, 9.17) is 19.4 Å². The van der Waals surface area contributed by atoms with Gasteiger partial charge in [0, 0.05) is 43.1 Å². The van der Waals surface area contributed by atoms with Crippen molar-refractivity contribution < 1.29 is 40.8 Å². The van der Waals surface area contributed by atoms with Gasteiger partial charge in [0.2, 0.25) is 21.8 Å². The molecule has 1 aromatic heterocycles. The fourth-order valence-electron chi connectivity index (χ4n) is 6.56. The summed E-state index contributed by atoms with van der Waals surface area (Å²) in [4.78, 5) is 29.0. The van der Waals surface area contributed by atoms with Crippen molar-refractivity contribution in [2.24, 2.45) is 5.92 Å². The standard InChI is InChI=1S/C31H39N5O4S.C2HF3O2/c1-41(38,39)35-25-11-9-21(10-12-25)17-29-33-31(40-34-29)24-19-26-13-14-27(20-24)36(26)16-15-28(23-5-3-2-4-6-23)32-30(37)18-22-7-8-22;3-2(4,5)1(6)7/h2-6,9-12,22,24,26-28,35H,7-8,13-20H2,1H3,(H,32,37);(H,6,7)/t24?,26-,27+,28-;/m0./s1. The Hall–Kier alpha value is -3.98. The summed E-state index contributed by atoms with van der Waals surface area (Å²) in [7, 11) is -3.30. The molecule has 4 atom stereocenters. The molecule has 15 heteroatoms. The Kier molecular flexibility index (Phi) is 11.1. The average Bonchev–Trinajstić information content (AvgIpc) is 3.65. The second-order valence-corrected chi connectivity index (χ2v) is 14.6. The molecular weight excluding hydrogens is 651 g/mol. The molecule has 11 nitrogen and oxygen atoms in total. The van der Waals surface area contributed by atoms with Gasteiger partial charge in [-0.1, -0.05) is 47.6 Å². The van der Waals surface area contributed by atoms with Crippen molar-refractivity contribution in [3.63, 3.8) is 0 Å². The first-order valence-electron chi connectivity index (χ1n) is 16.0. The van der Waals surface area contributed by atoms with Gasteiger partial charge >= 0.3 is 12.1 Å². The summed E-state index contributed by atoms with van der Waals surface area (Å²) < 4.78 is 62.8. The zero-order chi connectivity index (χ0) is 34.5. The topological polar surface area (TPSA) is 155 Å². The quantitative estimate of drug-likeness (QED) is 0.226. The van der Waals surface area contributed by atoms with E-state index in [1.165, 1.54) is 31.2 Å². The van der Waals surface area contributed by atoms with Crippen molar-refractivity contribution in [2.75, 3.05) is 17.5 Å². The summed E-state index contributed by atoms with van der Waals surface area (Å²) in [6, 6.07) is 18.6. The minimum absolute atomic E-state index is 0.0364. The van der Waals surface area contributed by atoms with Crippen LogP contribution >= 0.6 is 0 Å². The molecule has 0 radical (unpaired) electrons. The highest BCUT2D eigenvalue weighted by atomic mass is 32.2. The number of carboxylic acid groups (broad SMARTS) is 1. The van der Waals surface area contributed by atoms with E-state index in [1.54, 1.807) is 12.1 Å². The minimum atomic E-state index is -5.08. The molecule has 1 amide bonds. The van der Waals surface area contributed by atoms with Crippen molar-refractivity contribution in [3.05, 3.63) is 77.4 Å². The lowest BCUT2D eigenvalue weighted by molar-refractivity contribution is -0.192. The van der Waals surface area contributed by atoms with E-state index in [0.717, 1.165) is 43.5 Å². The number of carbonyl (C=O) groups is 2. The molecule has 48 heavy (non-hydrogen) atoms. The average molecular weight is 692 g/mol. The van der Waals surface area contributed by atoms with Crippen molar-refractivity contribution in [2.45, 2.75) is 88.0 Å². The van der Waals surface area contributed by atoms with Crippen molar-refractivity contribution in [1.29, 1.82) is 0 Å². The van der Waals surface area contributed by atoms with Gasteiger partial charge in [-0.15, -0.1) is 0 Å². The van der Waals surface area contributed by atoms with E-state index in [-0.39, 0.29) is 17.9 Å². The van der Waals surface area contributed by atoms with Crippen molar-refractivity contribution in [1.82, 2.24) is 20.4 Å². The van der Waals surface area contributed by atoms with E-state index >= 15 is 0 Å². The number of aromatic nitrogens is 2. The van der Waals surface area contributed by atoms with Crippen LogP contribution in [0.3, 0.4) is 0 Å². The normalized spacial score (nSPS) is 21.5. The molecule has 2 aromatic carbocycles. The molecule has 260 valence electrons. The molecule has 1 aliphatic carbocycles. The number of fused-ring (bicyclic) bond motifs is 2. The summed E-state index contributed by atoms with van der Waals surface area (Å²) in [6.45, 7) is 0.963. The van der Waals surface area contributed by atoms with Crippen LogP contribution in [0.2, 0.25) is 0 Å². The van der Waals surface area contributed by atoms with Crippen LogP contribution in [0.5, 0.6) is 0 Å². The number of hydrogen-bond acceptors (Lipinski definition) is 8. The van der Waals surface area contributed by atoms with Gasteiger partial charge in [-0.2, -0.15) is 18.2 Å². The van der Waals surface area contributed by atoms with Gasteiger partial charge in [0.25, 0.3) is 0 Å². The number of carbonyl (C=O) groups excluding carboxylic acids is 1. The van der Waals surface area contributed by atoms with Gasteiger partial charge in [-0.05, 0) is 74.1 Å². The summed E-state index contributed by atoms with van der Waals surface area (Å²) in [5.41, 5.74) is 2.70. The van der Waals surface area contributed by atoms with Crippen LogP contribution in [0.4, 0.5) is 18.9 Å². The first-order chi connectivity index (χ1) is 22.7. The first kappa shape index (κ1) is 35.3. The minimum Gasteiger partial charge on any atom is -0.475 e. The van der Waals surface area contributed by atoms with E-state index in [2.05, 4.69) is 44.4 Å². The Balaban J connectivity index is 0.000000582. The smallest absolute Gasteiger partial charge is 0.475 e. The summed E-state index contributed by atoms with van der Waals surface area (Å²) >= 11 is 0. The molecule has 2 aliphatic heterocycles. The van der Waals surface area contributed by atoms with Crippen LogP contribution < -0.4 is 10.0 Å². The number of aliphatic carboxylic acids is 1. The number of nitrogens with zero attached hydrogens (tertiary/aromatic N) is 3. The van der Waals surface area contributed by atoms with Gasteiger partial charge in [0.1, 0.15) is 0 Å². The third-order valence-electron chi connectivity index (χ3n) is 8.96. The Morgan fingerprint density at radius 3 is 2.21 bits per heavy atom. The SMILES string of the molecule is CS(=O)(=O)Nc1ccc(Cc2noc(C3C[C@H]4CC[C@@H](C3)N4CC[C@H](NC(=O)CC3CC3)c3ccccc3)n2)cc1.O=C(O)C(F)(F)F. The number of alkyl halides is 3. The molecule has 3 aliphatic rings. The van der Waals surface area contributed by atoms with E-state index in [0.29, 0.717) is 42.4 Å². The Morgan fingerprint density at radius 2 is 1.65 bits per heavy atom. The van der Waals surface area contributed by atoms with E-state index in [9.17, 15) is 26.4 Å². The molecule has 1 saturated carbocycles. The van der Waals surface area contributed by atoms with Crippen LogP contribution in [-0.4, -0.2) is 71.5 Å². The molecule has 2 bridgehead atoms. The highest BCUT2D eigenvalue weighted by Gasteiger charge is 2.43. The van der Waals surface area contributed by atoms with Crippen LogP contribution in [-0.2, 0) is 26.0 Å². The number of amides is 1. The zero-order valence-electron chi connectivity index (χ0n) is 26.5. The summed E-state index contributed by atoms with van der Waals surface area (Å²) in [5.74, 6) is -0.373. The Morgan fingerprint density at radius 1 is 1.02 bits per heavy atom. The van der Waals surface area contributed by atoms with Gasteiger partial charge < -0.3 is 14.9 Å². The summed E-state index contributed by atoms with van der Waals surface area (Å²) in [6.07, 6.45) is 4.88. The van der Waals surface area contributed by atoms with Gasteiger partial charge in [-0.25, -0.2) is 13.2 Å². The predicted octanol–water partition coefficient (Wildman–Crippen LogP) is 5.42. The molecule has 6 rings (SSSR count). The van der Waals surface area contributed by atoms with Crippen LogP contribution in [0.15, 0.2) is 59.1 Å². The second-order valence-electron chi connectivity index (χ2n) is 12.9. The van der Waals surface area contributed by atoms with E-state index < -0.39 is 22.2 Å². The fraction of sp³-hybridized carbons (Fsp3) is 0.515. The largest absolute Gasteiger partial charge is 0.490 e. The third kappa shape index (κ3) is 10.3. The molecule has 3 aromatic rings.